The van der Waals surface area contributed by atoms with Crippen LogP contribution in [0.3, 0.4) is 0 Å². The van der Waals surface area contributed by atoms with Crippen molar-refractivity contribution < 1.29 is 23.4 Å². The number of hydrogen-bond acceptors (Lipinski definition) is 6. The maximum Gasteiger partial charge on any atom is 0.360 e. The van der Waals surface area contributed by atoms with Crippen molar-refractivity contribution in [3.63, 3.8) is 0 Å². The summed E-state index contributed by atoms with van der Waals surface area (Å²) in [5, 5.41) is 3.38. The van der Waals surface area contributed by atoms with Gasteiger partial charge in [0.2, 0.25) is 6.29 Å². The zero-order chi connectivity index (χ0) is 26.9. The lowest BCUT2D eigenvalue weighted by molar-refractivity contribution is -0.233. The minimum atomic E-state index is -0.636. The van der Waals surface area contributed by atoms with E-state index in [0.717, 1.165) is 17.5 Å². The Hall–Kier alpha value is -3.94. The first-order valence-corrected chi connectivity index (χ1v) is 12.7. The van der Waals surface area contributed by atoms with Crippen LogP contribution >= 0.6 is 0 Å². The van der Waals surface area contributed by atoms with Crippen molar-refractivity contribution in [1.29, 1.82) is 0 Å². The first-order chi connectivity index (χ1) is 18.2. The highest BCUT2D eigenvalue weighted by Gasteiger charge is 2.39. The predicted molar refractivity (Wildman–Crippen MR) is 147 cm³/mol. The Bertz CT molecular complexity index is 1520. The highest BCUT2D eigenvalue weighted by Crippen LogP contribution is 2.34. The summed E-state index contributed by atoms with van der Waals surface area (Å²) in [6.07, 6.45) is 1.05. The smallest absolute Gasteiger partial charge is 0.360 e. The summed E-state index contributed by atoms with van der Waals surface area (Å²) in [6.45, 7) is 5.80. The van der Waals surface area contributed by atoms with Gasteiger partial charge in [0.05, 0.1) is 11.7 Å². The normalized spacial score (nSPS) is 18.7. The molecule has 7 nitrogen and oxygen atoms in total. The molecular formula is C31H31NO6. The van der Waals surface area contributed by atoms with Crippen molar-refractivity contribution in [2.75, 3.05) is 12.4 Å². The van der Waals surface area contributed by atoms with Crippen LogP contribution in [0.2, 0.25) is 0 Å². The Morgan fingerprint density at radius 3 is 2.47 bits per heavy atom. The van der Waals surface area contributed by atoms with Crippen LogP contribution in [0.15, 0.2) is 82.0 Å². The first-order valence-electron chi connectivity index (χ1n) is 12.7. The molecule has 3 aromatic carbocycles. The van der Waals surface area contributed by atoms with Gasteiger partial charge in [-0.15, -0.1) is 0 Å². The Morgan fingerprint density at radius 1 is 0.974 bits per heavy atom. The number of carbonyl (C=O) groups is 1. The van der Waals surface area contributed by atoms with Crippen molar-refractivity contribution in [1.82, 2.24) is 0 Å². The predicted octanol–water partition coefficient (Wildman–Crippen LogP) is 6.33. The average Bonchev–Trinajstić information content (AvgIpc) is 2.91. The van der Waals surface area contributed by atoms with Crippen LogP contribution in [0.25, 0.3) is 22.1 Å². The van der Waals surface area contributed by atoms with E-state index >= 15 is 0 Å². The Labute approximate surface area is 221 Å². The van der Waals surface area contributed by atoms with E-state index in [1.165, 1.54) is 0 Å². The molecule has 0 bridgehead atoms. The lowest BCUT2D eigenvalue weighted by Gasteiger charge is -2.41. The molecule has 0 aliphatic carbocycles. The number of nitrogens with one attached hydrogen (secondary N) is 1. The number of fused-ring (bicyclic) bond motifs is 1. The fraction of sp³-hybridized carbons (Fsp3) is 0.290. The lowest BCUT2D eigenvalue weighted by Crippen LogP contribution is -2.49. The Morgan fingerprint density at radius 2 is 1.74 bits per heavy atom. The number of anilines is 1. The van der Waals surface area contributed by atoms with Crippen LogP contribution in [-0.2, 0) is 9.47 Å². The number of hydrogen-bond donors (Lipinski definition) is 1. The van der Waals surface area contributed by atoms with E-state index in [1.54, 1.807) is 31.4 Å². The maximum absolute atomic E-state index is 13.0. The van der Waals surface area contributed by atoms with E-state index in [1.807, 2.05) is 69.3 Å². The SMILES string of the molecule is CO[C@@H]1CCC(Oc2ccc3cc(NC(=O)c4cccc(-c5ccccc5)c4)c(=O)oc3c2C)OC1(C)C. The molecule has 4 aromatic rings. The van der Waals surface area contributed by atoms with Gasteiger partial charge in [-0.2, -0.15) is 0 Å². The van der Waals surface area contributed by atoms with Crippen molar-refractivity contribution in [2.45, 2.75) is 51.6 Å². The summed E-state index contributed by atoms with van der Waals surface area (Å²) in [4.78, 5) is 25.8. The van der Waals surface area contributed by atoms with Gasteiger partial charge in [-0.25, -0.2) is 4.79 Å². The molecule has 1 saturated heterocycles. The van der Waals surface area contributed by atoms with Gasteiger partial charge in [0.1, 0.15) is 17.0 Å². The van der Waals surface area contributed by atoms with Crippen LogP contribution in [0.5, 0.6) is 5.75 Å². The second kappa shape index (κ2) is 10.4. The van der Waals surface area contributed by atoms with E-state index < -0.39 is 23.4 Å². The molecule has 1 N–H and O–H groups in total. The van der Waals surface area contributed by atoms with Crippen molar-refractivity contribution in [3.8, 4) is 16.9 Å². The number of benzene rings is 3. The number of methoxy groups -OCH3 is 1. The minimum Gasteiger partial charge on any atom is -0.465 e. The monoisotopic (exact) mass is 513 g/mol. The molecule has 2 atom stereocenters. The highest BCUT2D eigenvalue weighted by atomic mass is 16.7. The van der Waals surface area contributed by atoms with Crippen molar-refractivity contribution in [3.05, 3.63) is 94.3 Å². The van der Waals surface area contributed by atoms with Crippen LogP contribution in [-0.4, -0.2) is 31.0 Å². The van der Waals surface area contributed by atoms with Gasteiger partial charge in [-0.05, 0) is 68.7 Å². The number of ether oxygens (including phenoxy) is 3. The molecular weight excluding hydrogens is 482 g/mol. The van der Waals surface area contributed by atoms with E-state index in [4.69, 9.17) is 18.6 Å². The fourth-order valence-electron chi connectivity index (χ4n) is 4.92. The molecule has 0 saturated carbocycles. The third-order valence-electron chi connectivity index (χ3n) is 7.00. The van der Waals surface area contributed by atoms with E-state index in [-0.39, 0.29) is 11.8 Å². The maximum atomic E-state index is 13.0. The number of aryl methyl sites for hydroxylation is 1. The number of rotatable bonds is 6. The van der Waals surface area contributed by atoms with Crippen molar-refractivity contribution in [2.24, 2.45) is 0 Å². The molecule has 196 valence electrons. The summed E-state index contributed by atoms with van der Waals surface area (Å²) < 4.78 is 23.5. The first kappa shape index (κ1) is 25.7. The van der Waals surface area contributed by atoms with Crippen LogP contribution in [0.4, 0.5) is 5.69 Å². The van der Waals surface area contributed by atoms with Gasteiger partial charge in [0.15, 0.2) is 0 Å². The quantitative estimate of drug-likeness (QED) is 0.303. The molecule has 1 unspecified atom stereocenters. The standard InChI is InChI=1S/C31H31NO6/c1-19-25(36-27-16-15-26(35-4)31(2,3)38-27)14-13-22-18-24(30(34)37-28(19)22)32-29(33)23-12-8-11-21(17-23)20-9-6-5-7-10-20/h5-14,17-18,26-27H,15-16H2,1-4H3,(H,32,33)/t26-,27?/m1/s1. The summed E-state index contributed by atoms with van der Waals surface area (Å²) in [5.74, 6) is 0.185. The van der Waals surface area contributed by atoms with Crippen LogP contribution < -0.4 is 15.7 Å². The van der Waals surface area contributed by atoms with Gasteiger partial charge in [0, 0.05) is 30.0 Å². The molecule has 0 spiro atoms. The molecule has 38 heavy (non-hydrogen) atoms. The molecule has 1 fully saturated rings. The molecule has 2 heterocycles. The molecule has 1 aliphatic heterocycles. The number of carbonyl (C=O) groups excluding carboxylic acids is 1. The summed E-state index contributed by atoms with van der Waals surface area (Å²) in [7, 11) is 1.69. The largest absolute Gasteiger partial charge is 0.465 e. The van der Waals surface area contributed by atoms with Gasteiger partial charge in [-0.1, -0.05) is 42.5 Å². The van der Waals surface area contributed by atoms with E-state index in [2.05, 4.69) is 5.32 Å². The van der Waals surface area contributed by atoms with Gasteiger partial charge in [-0.3, -0.25) is 4.79 Å². The summed E-state index contributed by atoms with van der Waals surface area (Å²) >= 11 is 0. The highest BCUT2D eigenvalue weighted by molar-refractivity contribution is 6.05. The fourth-order valence-corrected chi connectivity index (χ4v) is 4.92. The molecule has 1 amide bonds. The molecule has 1 aromatic heterocycles. The van der Waals surface area contributed by atoms with Crippen molar-refractivity contribution >= 4 is 22.6 Å². The second-order valence-corrected chi connectivity index (χ2v) is 10.0. The summed E-state index contributed by atoms with van der Waals surface area (Å²) in [5.41, 5.74) is 2.40. The van der Waals surface area contributed by atoms with Crippen LogP contribution in [0.1, 0.15) is 42.6 Å². The third-order valence-corrected chi connectivity index (χ3v) is 7.00. The Balaban J connectivity index is 1.35. The topological polar surface area (TPSA) is 87.0 Å². The van der Waals surface area contributed by atoms with E-state index in [9.17, 15) is 9.59 Å². The molecule has 7 heteroatoms. The average molecular weight is 514 g/mol. The summed E-state index contributed by atoms with van der Waals surface area (Å²) in [6, 6.07) is 22.3. The second-order valence-electron chi connectivity index (χ2n) is 10.0. The van der Waals surface area contributed by atoms with Gasteiger partial charge in [0.25, 0.3) is 5.91 Å². The third kappa shape index (κ3) is 5.21. The zero-order valence-electron chi connectivity index (χ0n) is 21.9. The zero-order valence-corrected chi connectivity index (χ0v) is 21.9. The lowest BCUT2D eigenvalue weighted by atomic mass is 9.94. The van der Waals surface area contributed by atoms with Gasteiger partial charge < -0.3 is 23.9 Å². The number of amides is 1. The van der Waals surface area contributed by atoms with Crippen LogP contribution in [0, 0.1) is 6.92 Å². The van der Waals surface area contributed by atoms with E-state index in [0.29, 0.717) is 34.3 Å². The molecule has 5 rings (SSSR count). The molecule has 1 aliphatic rings. The van der Waals surface area contributed by atoms with Gasteiger partial charge >= 0.3 is 5.63 Å². The molecule has 0 radical (unpaired) electrons. The Kier molecular flexibility index (Phi) is 7.06. The minimum absolute atomic E-state index is 0.00693.